The van der Waals surface area contributed by atoms with E-state index in [1.54, 1.807) is 11.4 Å². The molecule has 14 heavy (non-hydrogen) atoms. The molecule has 1 heterocycles. The quantitative estimate of drug-likeness (QED) is 0.732. The highest BCUT2D eigenvalue weighted by Gasteiger charge is 2.18. The van der Waals surface area contributed by atoms with Crippen molar-refractivity contribution in [2.75, 3.05) is 13.7 Å². The summed E-state index contributed by atoms with van der Waals surface area (Å²) in [7, 11) is 1.32. The van der Waals surface area contributed by atoms with Crippen LogP contribution in [0.1, 0.15) is 27.8 Å². The summed E-state index contributed by atoms with van der Waals surface area (Å²) in [5, 5.41) is 11.4. The van der Waals surface area contributed by atoms with Gasteiger partial charge in [0, 0.05) is 5.56 Å². The molecular weight excluding hydrogens is 202 g/mol. The Morgan fingerprint density at radius 1 is 1.79 bits per heavy atom. The number of carbonyl (C=O) groups excluding carboxylic acids is 1. The van der Waals surface area contributed by atoms with Crippen LogP contribution in [0.5, 0.6) is 0 Å². The van der Waals surface area contributed by atoms with Gasteiger partial charge in [0.05, 0.1) is 13.2 Å². The van der Waals surface area contributed by atoms with Crippen molar-refractivity contribution in [2.24, 2.45) is 5.73 Å². The van der Waals surface area contributed by atoms with Crippen molar-refractivity contribution in [3.8, 4) is 0 Å². The second kappa shape index (κ2) is 5.09. The van der Waals surface area contributed by atoms with Crippen molar-refractivity contribution >= 4 is 17.3 Å². The number of aliphatic hydroxyl groups is 1. The van der Waals surface area contributed by atoms with Crippen LogP contribution in [0.4, 0.5) is 0 Å². The van der Waals surface area contributed by atoms with Gasteiger partial charge in [0.25, 0.3) is 0 Å². The molecule has 0 bridgehead atoms. The molecule has 1 atom stereocenters. The van der Waals surface area contributed by atoms with Crippen LogP contribution in [-0.2, 0) is 4.74 Å². The minimum atomic E-state index is -0.680. The highest BCUT2D eigenvalue weighted by atomic mass is 32.1. The number of hydrogen-bond acceptors (Lipinski definition) is 5. The van der Waals surface area contributed by atoms with Gasteiger partial charge >= 0.3 is 5.97 Å². The molecular formula is C9H13NO3S. The van der Waals surface area contributed by atoms with Gasteiger partial charge in [-0.1, -0.05) is 0 Å². The van der Waals surface area contributed by atoms with Gasteiger partial charge in [-0.2, -0.15) is 0 Å². The molecule has 4 nitrogen and oxygen atoms in total. The molecule has 0 spiro atoms. The molecule has 0 aromatic carbocycles. The van der Waals surface area contributed by atoms with E-state index in [1.807, 2.05) is 0 Å². The number of aliphatic hydroxyl groups excluding tert-OH is 1. The Morgan fingerprint density at radius 3 is 3.07 bits per heavy atom. The van der Waals surface area contributed by atoms with Crippen molar-refractivity contribution in [1.82, 2.24) is 0 Å². The molecule has 78 valence electrons. The van der Waals surface area contributed by atoms with Crippen LogP contribution in [0.3, 0.4) is 0 Å². The van der Waals surface area contributed by atoms with Gasteiger partial charge in [-0.25, -0.2) is 4.79 Å². The summed E-state index contributed by atoms with van der Waals surface area (Å²) in [6, 6.07) is 1.72. The summed E-state index contributed by atoms with van der Waals surface area (Å²) in [6.45, 7) is 0.387. The fraction of sp³-hybridized carbons (Fsp3) is 0.444. The predicted octanol–water partition coefficient (Wildman–Crippen LogP) is 0.917. The Labute approximate surface area is 86.3 Å². The van der Waals surface area contributed by atoms with Crippen molar-refractivity contribution < 1.29 is 14.6 Å². The lowest BCUT2D eigenvalue weighted by molar-refractivity contribution is 0.0599. The summed E-state index contributed by atoms with van der Waals surface area (Å²) in [4.78, 5) is 11.7. The first-order chi connectivity index (χ1) is 6.70. The van der Waals surface area contributed by atoms with E-state index in [9.17, 15) is 9.90 Å². The fourth-order valence-electron chi connectivity index (χ4n) is 1.15. The van der Waals surface area contributed by atoms with E-state index in [0.717, 1.165) is 0 Å². The summed E-state index contributed by atoms with van der Waals surface area (Å²) in [5.74, 6) is -0.411. The number of nitrogens with two attached hydrogens (primary N) is 1. The lowest BCUT2D eigenvalue weighted by Gasteiger charge is -2.08. The molecule has 0 aliphatic carbocycles. The average Bonchev–Trinajstić information content (AvgIpc) is 2.65. The third-order valence-electron chi connectivity index (χ3n) is 1.87. The zero-order chi connectivity index (χ0) is 10.6. The summed E-state index contributed by atoms with van der Waals surface area (Å²) >= 11 is 1.26. The van der Waals surface area contributed by atoms with E-state index >= 15 is 0 Å². The lowest BCUT2D eigenvalue weighted by atomic mass is 10.1. The minimum absolute atomic E-state index is 0.387. The van der Waals surface area contributed by atoms with Crippen molar-refractivity contribution in [3.63, 3.8) is 0 Å². The van der Waals surface area contributed by atoms with Gasteiger partial charge in [0.2, 0.25) is 0 Å². The highest BCUT2D eigenvalue weighted by Crippen LogP contribution is 2.25. The Bertz CT molecular complexity index is 311. The summed E-state index contributed by atoms with van der Waals surface area (Å²) in [5.41, 5.74) is 5.93. The van der Waals surface area contributed by atoms with Gasteiger partial charge in [0.1, 0.15) is 4.88 Å². The average molecular weight is 215 g/mol. The second-order valence-electron chi connectivity index (χ2n) is 2.79. The first kappa shape index (κ1) is 11.2. The number of ether oxygens (including phenoxy) is 1. The maximum atomic E-state index is 11.2. The zero-order valence-corrected chi connectivity index (χ0v) is 8.71. The smallest absolute Gasteiger partial charge is 0.348 e. The van der Waals surface area contributed by atoms with Gasteiger partial charge < -0.3 is 15.6 Å². The molecule has 1 aromatic rings. The summed E-state index contributed by atoms with van der Waals surface area (Å²) < 4.78 is 4.59. The highest BCUT2D eigenvalue weighted by molar-refractivity contribution is 7.12. The van der Waals surface area contributed by atoms with Gasteiger partial charge in [0.15, 0.2) is 0 Å². The van der Waals surface area contributed by atoms with Crippen LogP contribution in [0.25, 0.3) is 0 Å². The molecule has 1 aromatic heterocycles. The number of methoxy groups -OCH3 is 1. The molecule has 0 radical (unpaired) electrons. The van der Waals surface area contributed by atoms with Crippen LogP contribution in [0.2, 0.25) is 0 Å². The molecule has 0 saturated carbocycles. The number of thiophene rings is 1. The monoisotopic (exact) mass is 215 g/mol. The zero-order valence-electron chi connectivity index (χ0n) is 7.90. The van der Waals surface area contributed by atoms with Crippen LogP contribution in [0, 0.1) is 0 Å². The van der Waals surface area contributed by atoms with Gasteiger partial charge in [-0.05, 0) is 24.4 Å². The van der Waals surface area contributed by atoms with E-state index in [0.29, 0.717) is 23.4 Å². The standard InChI is InChI=1S/C9H13NO3S/c1-13-9(12)8-6(3-5-14-8)7(11)2-4-10/h3,5,7,11H,2,4,10H2,1H3. The van der Waals surface area contributed by atoms with Crippen LogP contribution < -0.4 is 5.73 Å². The topological polar surface area (TPSA) is 72.5 Å². The van der Waals surface area contributed by atoms with Crippen LogP contribution in [0.15, 0.2) is 11.4 Å². The Morgan fingerprint density at radius 2 is 2.50 bits per heavy atom. The van der Waals surface area contributed by atoms with Crippen molar-refractivity contribution in [2.45, 2.75) is 12.5 Å². The van der Waals surface area contributed by atoms with Crippen molar-refractivity contribution in [3.05, 3.63) is 21.9 Å². The van der Waals surface area contributed by atoms with E-state index in [1.165, 1.54) is 18.4 Å². The number of rotatable bonds is 4. The molecule has 0 aliphatic rings. The Hall–Kier alpha value is -0.910. The van der Waals surface area contributed by atoms with Gasteiger partial charge in [-0.15, -0.1) is 11.3 Å². The maximum Gasteiger partial charge on any atom is 0.348 e. The number of carbonyl (C=O) groups is 1. The summed E-state index contributed by atoms with van der Waals surface area (Å²) in [6.07, 6.45) is -0.235. The molecule has 1 unspecified atom stereocenters. The number of hydrogen-bond donors (Lipinski definition) is 2. The van der Waals surface area contributed by atoms with E-state index in [4.69, 9.17) is 5.73 Å². The van der Waals surface area contributed by atoms with Gasteiger partial charge in [-0.3, -0.25) is 0 Å². The van der Waals surface area contributed by atoms with Crippen molar-refractivity contribution in [1.29, 1.82) is 0 Å². The largest absolute Gasteiger partial charge is 0.465 e. The molecule has 0 saturated heterocycles. The molecule has 5 heteroatoms. The molecule has 3 N–H and O–H groups in total. The van der Waals surface area contributed by atoms with E-state index in [-0.39, 0.29) is 0 Å². The molecule has 0 aliphatic heterocycles. The SMILES string of the molecule is COC(=O)c1sccc1C(O)CCN. The van der Waals surface area contributed by atoms with Crippen LogP contribution >= 0.6 is 11.3 Å². The lowest BCUT2D eigenvalue weighted by Crippen LogP contribution is -2.10. The minimum Gasteiger partial charge on any atom is -0.465 e. The third-order valence-corrected chi connectivity index (χ3v) is 2.78. The maximum absolute atomic E-state index is 11.2. The molecule has 0 amide bonds. The normalized spacial score (nSPS) is 12.5. The Kier molecular flexibility index (Phi) is 4.06. The third kappa shape index (κ3) is 2.31. The predicted molar refractivity (Wildman–Crippen MR) is 54.3 cm³/mol. The molecule has 1 rings (SSSR count). The first-order valence-electron chi connectivity index (χ1n) is 4.24. The second-order valence-corrected chi connectivity index (χ2v) is 3.71. The van der Waals surface area contributed by atoms with Crippen LogP contribution in [-0.4, -0.2) is 24.7 Å². The van der Waals surface area contributed by atoms with E-state index < -0.39 is 12.1 Å². The fourth-order valence-corrected chi connectivity index (χ4v) is 2.02. The molecule has 0 fully saturated rings. The first-order valence-corrected chi connectivity index (χ1v) is 5.12. The van der Waals surface area contributed by atoms with E-state index in [2.05, 4.69) is 4.74 Å². The number of esters is 1. The Balaban J connectivity index is 2.86.